The molecule has 2 aromatic carbocycles. The summed E-state index contributed by atoms with van der Waals surface area (Å²) in [5.74, 6) is -0.463. The Morgan fingerprint density at radius 3 is 2.65 bits per heavy atom. The van der Waals surface area contributed by atoms with Crippen LogP contribution in [-0.2, 0) is 6.61 Å². The zero-order chi connectivity index (χ0) is 14.5. The van der Waals surface area contributed by atoms with Gasteiger partial charge in [0.2, 0.25) is 0 Å². The molecule has 0 aliphatic rings. The summed E-state index contributed by atoms with van der Waals surface area (Å²) in [5, 5.41) is 22.5. The van der Waals surface area contributed by atoms with Crippen molar-refractivity contribution in [1.29, 1.82) is 0 Å². The molecule has 0 bridgehead atoms. The SMILES string of the molecule is O=C(Nc1ccccc1CO)c1cccc([N+](=O)[O-])c1. The Hall–Kier alpha value is -2.73. The van der Waals surface area contributed by atoms with Gasteiger partial charge in [0.25, 0.3) is 11.6 Å². The summed E-state index contributed by atoms with van der Waals surface area (Å²) < 4.78 is 0. The quantitative estimate of drug-likeness (QED) is 0.660. The van der Waals surface area contributed by atoms with Gasteiger partial charge in [-0.3, -0.25) is 14.9 Å². The van der Waals surface area contributed by atoms with E-state index in [4.69, 9.17) is 0 Å². The lowest BCUT2D eigenvalue weighted by Gasteiger charge is -2.09. The third-order valence-electron chi connectivity index (χ3n) is 2.76. The average Bonchev–Trinajstić information content (AvgIpc) is 2.48. The van der Waals surface area contributed by atoms with Crippen LogP contribution >= 0.6 is 0 Å². The predicted molar refractivity (Wildman–Crippen MR) is 73.4 cm³/mol. The molecule has 6 heteroatoms. The van der Waals surface area contributed by atoms with Crippen LogP contribution < -0.4 is 5.32 Å². The molecule has 2 aromatic rings. The van der Waals surface area contributed by atoms with Gasteiger partial charge in [0, 0.05) is 28.9 Å². The molecule has 6 nitrogen and oxygen atoms in total. The summed E-state index contributed by atoms with van der Waals surface area (Å²) in [6, 6.07) is 12.3. The number of nitro benzene ring substituents is 1. The molecule has 0 saturated heterocycles. The van der Waals surface area contributed by atoms with Crippen molar-refractivity contribution >= 4 is 17.3 Å². The van der Waals surface area contributed by atoms with Gasteiger partial charge in [0.05, 0.1) is 11.5 Å². The normalized spacial score (nSPS) is 10.1. The number of nitro groups is 1. The number of amides is 1. The lowest BCUT2D eigenvalue weighted by Crippen LogP contribution is -2.13. The van der Waals surface area contributed by atoms with E-state index in [-0.39, 0.29) is 17.9 Å². The van der Waals surface area contributed by atoms with Gasteiger partial charge in [-0.15, -0.1) is 0 Å². The first kappa shape index (κ1) is 13.7. The minimum Gasteiger partial charge on any atom is -0.392 e. The van der Waals surface area contributed by atoms with E-state index >= 15 is 0 Å². The maximum atomic E-state index is 12.0. The smallest absolute Gasteiger partial charge is 0.270 e. The van der Waals surface area contributed by atoms with Crippen LogP contribution in [0.5, 0.6) is 0 Å². The number of hydrogen-bond acceptors (Lipinski definition) is 4. The molecule has 0 aliphatic carbocycles. The Bertz CT molecular complexity index is 655. The number of hydrogen-bond donors (Lipinski definition) is 2. The molecule has 0 fully saturated rings. The molecule has 0 aromatic heterocycles. The first-order chi connectivity index (χ1) is 9.61. The lowest BCUT2D eigenvalue weighted by atomic mass is 10.1. The van der Waals surface area contributed by atoms with Crippen molar-refractivity contribution < 1.29 is 14.8 Å². The number of rotatable bonds is 4. The number of benzene rings is 2. The van der Waals surface area contributed by atoms with Gasteiger partial charge in [-0.1, -0.05) is 24.3 Å². The Balaban J connectivity index is 2.24. The van der Waals surface area contributed by atoms with E-state index in [1.807, 2.05) is 0 Å². The Morgan fingerprint density at radius 1 is 1.20 bits per heavy atom. The van der Waals surface area contributed by atoms with Gasteiger partial charge in [0.1, 0.15) is 0 Å². The fourth-order valence-electron chi connectivity index (χ4n) is 1.74. The number of para-hydroxylation sites is 1. The van der Waals surface area contributed by atoms with Crippen LogP contribution in [0.2, 0.25) is 0 Å². The third-order valence-corrected chi connectivity index (χ3v) is 2.76. The lowest BCUT2D eigenvalue weighted by molar-refractivity contribution is -0.384. The second-order valence-electron chi connectivity index (χ2n) is 4.08. The average molecular weight is 272 g/mol. The summed E-state index contributed by atoms with van der Waals surface area (Å²) >= 11 is 0. The highest BCUT2D eigenvalue weighted by Crippen LogP contribution is 2.18. The van der Waals surface area contributed by atoms with E-state index in [1.165, 1.54) is 24.3 Å². The number of aliphatic hydroxyl groups is 1. The topological polar surface area (TPSA) is 92.5 Å². The van der Waals surface area contributed by atoms with E-state index in [9.17, 15) is 20.0 Å². The van der Waals surface area contributed by atoms with Crippen LogP contribution in [0.3, 0.4) is 0 Å². The number of carbonyl (C=O) groups excluding carboxylic acids is 1. The highest BCUT2D eigenvalue weighted by atomic mass is 16.6. The van der Waals surface area contributed by atoms with Gasteiger partial charge in [-0.05, 0) is 12.1 Å². The largest absolute Gasteiger partial charge is 0.392 e. The molecule has 0 spiro atoms. The van der Waals surface area contributed by atoms with Crippen LogP contribution in [0.4, 0.5) is 11.4 Å². The monoisotopic (exact) mass is 272 g/mol. The molecule has 0 atom stereocenters. The molecule has 0 radical (unpaired) electrons. The van der Waals surface area contributed by atoms with Crippen LogP contribution in [0, 0.1) is 10.1 Å². The van der Waals surface area contributed by atoms with Gasteiger partial charge in [0.15, 0.2) is 0 Å². The third kappa shape index (κ3) is 2.99. The second kappa shape index (κ2) is 5.94. The molecule has 20 heavy (non-hydrogen) atoms. The summed E-state index contributed by atoms with van der Waals surface area (Å²) in [5.41, 5.74) is 1.10. The van der Waals surface area contributed by atoms with E-state index in [0.717, 1.165) is 0 Å². The molecular formula is C14H12N2O4. The van der Waals surface area contributed by atoms with E-state index in [2.05, 4.69) is 5.32 Å². The summed E-state index contributed by atoms with van der Waals surface area (Å²) in [7, 11) is 0. The fourth-order valence-corrected chi connectivity index (χ4v) is 1.74. The first-order valence-electron chi connectivity index (χ1n) is 5.86. The van der Waals surface area contributed by atoms with Crippen molar-refractivity contribution in [3.05, 3.63) is 69.8 Å². The molecule has 2 rings (SSSR count). The molecule has 0 aliphatic heterocycles. The molecular weight excluding hydrogens is 260 g/mol. The van der Waals surface area contributed by atoms with Crippen LogP contribution in [0.15, 0.2) is 48.5 Å². The fraction of sp³-hybridized carbons (Fsp3) is 0.0714. The van der Waals surface area contributed by atoms with Gasteiger partial charge in [-0.2, -0.15) is 0 Å². The van der Waals surface area contributed by atoms with Crippen molar-refractivity contribution in [2.75, 3.05) is 5.32 Å². The standard InChI is InChI=1S/C14H12N2O4/c17-9-11-4-1-2-7-13(11)15-14(18)10-5-3-6-12(8-10)16(19)20/h1-8,17H,9H2,(H,15,18). The van der Waals surface area contributed by atoms with Crippen molar-refractivity contribution in [1.82, 2.24) is 0 Å². The molecule has 1 amide bonds. The Labute approximate surface area is 114 Å². The summed E-state index contributed by atoms with van der Waals surface area (Å²) in [6.07, 6.45) is 0. The number of non-ortho nitro benzene ring substituents is 1. The van der Waals surface area contributed by atoms with E-state index < -0.39 is 10.8 Å². The van der Waals surface area contributed by atoms with Crippen LogP contribution in [0.25, 0.3) is 0 Å². The van der Waals surface area contributed by atoms with E-state index in [1.54, 1.807) is 24.3 Å². The summed E-state index contributed by atoms with van der Waals surface area (Å²) in [6.45, 7) is -0.203. The van der Waals surface area contributed by atoms with Crippen molar-refractivity contribution in [3.8, 4) is 0 Å². The molecule has 102 valence electrons. The Morgan fingerprint density at radius 2 is 1.95 bits per heavy atom. The number of nitrogens with one attached hydrogen (secondary N) is 1. The Kier molecular flexibility index (Phi) is 4.07. The highest BCUT2D eigenvalue weighted by molar-refractivity contribution is 6.05. The summed E-state index contributed by atoms with van der Waals surface area (Å²) in [4.78, 5) is 22.2. The zero-order valence-electron chi connectivity index (χ0n) is 10.4. The van der Waals surface area contributed by atoms with Crippen LogP contribution in [0.1, 0.15) is 15.9 Å². The number of nitrogens with zero attached hydrogens (tertiary/aromatic N) is 1. The number of aliphatic hydroxyl groups excluding tert-OH is 1. The predicted octanol–water partition coefficient (Wildman–Crippen LogP) is 2.34. The minimum atomic E-state index is -0.557. The molecule has 2 N–H and O–H groups in total. The van der Waals surface area contributed by atoms with E-state index in [0.29, 0.717) is 11.3 Å². The molecule has 0 saturated carbocycles. The van der Waals surface area contributed by atoms with Gasteiger partial charge < -0.3 is 10.4 Å². The maximum Gasteiger partial charge on any atom is 0.270 e. The number of carbonyl (C=O) groups is 1. The zero-order valence-corrected chi connectivity index (χ0v) is 10.4. The highest BCUT2D eigenvalue weighted by Gasteiger charge is 2.12. The first-order valence-corrected chi connectivity index (χ1v) is 5.86. The molecule has 0 unspecified atom stereocenters. The second-order valence-corrected chi connectivity index (χ2v) is 4.08. The van der Waals surface area contributed by atoms with Gasteiger partial charge in [-0.25, -0.2) is 0 Å². The van der Waals surface area contributed by atoms with Gasteiger partial charge >= 0.3 is 0 Å². The van der Waals surface area contributed by atoms with Crippen molar-refractivity contribution in [3.63, 3.8) is 0 Å². The number of anilines is 1. The van der Waals surface area contributed by atoms with Crippen molar-refractivity contribution in [2.45, 2.75) is 6.61 Å². The van der Waals surface area contributed by atoms with Crippen molar-refractivity contribution in [2.24, 2.45) is 0 Å². The maximum absolute atomic E-state index is 12.0. The minimum absolute atomic E-state index is 0.145. The van der Waals surface area contributed by atoms with Crippen LogP contribution in [-0.4, -0.2) is 15.9 Å². The molecule has 0 heterocycles.